The highest BCUT2D eigenvalue weighted by atomic mass is 16.5. The molecule has 2 aliphatic heterocycles. The molecule has 5 heteroatoms. The van der Waals surface area contributed by atoms with Gasteiger partial charge >= 0.3 is 0 Å². The summed E-state index contributed by atoms with van der Waals surface area (Å²) in [4.78, 5) is 13.4. The molecule has 1 atom stereocenters. The summed E-state index contributed by atoms with van der Waals surface area (Å²) in [5.74, 6) is 8.02. The van der Waals surface area contributed by atoms with Crippen LogP contribution in [-0.4, -0.2) is 32.3 Å². The molecule has 32 heavy (non-hydrogen) atoms. The molecule has 1 aromatic rings. The zero-order valence-electron chi connectivity index (χ0n) is 20.4. The third-order valence-electron chi connectivity index (χ3n) is 5.68. The molecule has 172 valence electrons. The van der Waals surface area contributed by atoms with E-state index in [-0.39, 0.29) is 17.4 Å². The van der Waals surface area contributed by atoms with Gasteiger partial charge in [-0.15, -0.1) is 5.92 Å². The minimum absolute atomic E-state index is 0.0426. The Morgan fingerprint density at radius 1 is 1.25 bits per heavy atom. The van der Waals surface area contributed by atoms with Crippen molar-refractivity contribution in [3.8, 4) is 17.6 Å². The fraction of sp³-hybridized carbons (Fsp3) is 0.519. The number of aryl methyl sites for hydroxylation is 1. The zero-order chi connectivity index (χ0) is 23.5. The molecule has 1 N–H and O–H groups in total. The molecule has 0 aromatic heterocycles. The van der Waals surface area contributed by atoms with Crippen molar-refractivity contribution >= 4 is 11.5 Å². The van der Waals surface area contributed by atoms with Gasteiger partial charge in [-0.2, -0.15) is 0 Å². The monoisotopic (exact) mass is 437 g/mol. The smallest absolute Gasteiger partial charge is 0.255 e. The van der Waals surface area contributed by atoms with Crippen molar-refractivity contribution in [2.24, 2.45) is 5.41 Å². The number of nitrogens with one attached hydrogen (secondary N) is 1. The summed E-state index contributed by atoms with van der Waals surface area (Å²) in [5, 5.41) is 3.13. The van der Waals surface area contributed by atoms with Crippen LogP contribution in [0.1, 0.15) is 70.6 Å². The van der Waals surface area contributed by atoms with Gasteiger partial charge in [0.05, 0.1) is 18.8 Å². The summed E-state index contributed by atoms with van der Waals surface area (Å²) in [7, 11) is 1.62. The van der Waals surface area contributed by atoms with Gasteiger partial charge in [0.1, 0.15) is 17.3 Å². The van der Waals surface area contributed by atoms with Crippen LogP contribution in [-0.2, 0) is 14.3 Å². The van der Waals surface area contributed by atoms with E-state index in [1.54, 1.807) is 14.0 Å². The number of carbonyl (C=O) groups excluding carboxylic acids is 1. The van der Waals surface area contributed by atoms with Gasteiger partial charge in [0.2, 0.25) is 0 Å². The van der Waals surface area contributed by atoms with E-state index in [4.69, 9.17) is 14.2 Å². The lowest BCUT2D eigenvalue weighted by Gasteiger charge is -2.29. The first kappa shape index (κ1) is 23.9. The first-order valence-corrected chi connectivity index (χ1v) is 11.3. The second-order valence-corrected chi connectivity index (χ2v) is 9.41. The Labute approximate surface area is 192 Å². The van der Waals surface area contributed by atoms with Crippen molar-refractivity contribution in [1.82, 2.24) is 5.32 Å². The van der Waals surface area contributed by atoms with Gasteiger partial charge in [-0.25, -0.2) is 0 Å². The van der Waals surface area contributed by atoms with Gasteiger partial charge in [0.25, 0.3) is 5.91 Å². The van der Waals surface area contributed by atoms with Crippen molar-refractivity contribution in [3.63, 3.8) is 0 Å². The summed E-state index contributed by atoms with van der Waals surface area (Å²) in [6, 6.07) is 3.87. The molecule has 0 aliphatic carbocycles. The highest BCUT2D eigenvalue weighted by Crippen LogP contribution is 2.42. The molecule has 1 unspecified atom stereocenters. The Kier molecular flexibility index (Phi) is 7.36. The fourth-order valence-corrected chi connectivity index (χ4v) is 4.38. The van der Waals surface area contributed by atoms with Gasteiger partial charge in [0.15, 0.2) is 0 Å². The van der Waals surface area contributed by atoms with Crippen LogP contribution >= 0.6 is 0 Å². The number of benzene rings is 1. The average Bonchev–Trinajstić information content (AvgIpc) is 2.87. The number of methoxy groups -OCH3 is 1. The maximum absolute atomic E-state index is 13.4. The van der Waals surface area contributed by atoms with Gasteiger partial charge in [-0.1, -0.05) is 33.6 Å². The summed E-state index contributed by atoms with van der Waals surface area (Å²) >= 11 is 0. The van der Waals surface area contributed by atoms with E-state index in [9.17, 15) is 4.79 Å². The van der Waals surface area contributed by atoms with E-state index in [2.05, 4.69) is 44.9 Å². The van der Waals surface area contributed by atoms with Crippen LogP contribution in [0.15, 0.2) is 29.2 Å². The Hall–Kier alpha value is -2.71. The SMILES string of the molecule is CC#Cc1cc(C)c(/C2=C3/CC(OCCC)CC(=C(C(C)(C)C)O3)CNC2=O)c(OC)c1. The average molecular weight is 438 g/mol. The van der Waals surface area contributed by atoms with E-state index in [1.165, 1.54) is 0 Å². The normalized spacial score (nSPS) is 21.1. The Morgan fingerprint density at radius 3 is 2.62 bits per heavy atom. The van der Waals surface area contributed by atoms with Crippen LogP contribution in [0.3, 0.4) is 0 Å². The number of fused-ring (bicyclic) bond motifs is 2. The first-order valence-electron chi connectivity index (χ1n) is 11.3. The summed E-state index contributed by atoms with van der Waals surface area (Å²) in [6.07, 6.45) is 2.17. The van der Waals surface area contributed by atoms with Crippen LogP contribution in [0, 0.1) is 24.2 Å². The maximum Gasteiger partial charge on any atom is 0.255 e. The lowest BCUT2D eigenvalue weighted by Crippen LogP contribution is -2.31. The van der Waals surface area contributed by atoms with Crippen molar-refractivity contribution in [1.29, 1.82) is 0 Å². The predicted molar refractivity (Wildman–Crippen MR) is 127 cm³/mol. The first-order chi connectivity index (χ1) is 15.2. The molecule has 0 saturated carbocycles. The van der Waals surface area contributed by atoms with E-state index < -0.39 is 0 Å². The Balaban J connectivity index is 2.25. The molecule has 1 aromatic carbocycles. The van der Waals surface area contributed by atoms with Crippen molar-refractivity contribution in [2.45, 2.75) is 66.9 Å². The summed E-state index contributed by atoms with van der Waals surface area (Å²) < 4.78 is 18.5. The van der Waals surface area contributed by atoms with E-state index in [1.807, 2.05) is 19.1 Å². The molecule has 0 saturated heterocycles. The molecule has 2 bridgehead atoms. The second kappa shape index (κ2) is 9.83. The van der Waals surface area contributed by atoms with E-state index in [0.717, 1.165) is 40.9 Å². The standard InChI is InChI=1S/C27H35NO4/c1-8-10-18-12-17(3)23(21(13-18)30-7)24-22-15-20(31-11-9-2)14-19(16-28-26(24)29)25(32-22)27(4,5)6/h12-13,20H,9,11,14-16H2,1-7H3,(H,28,29)/b24-22+. The Morgan fingerprint density at radius 2 is 2.00 bits per heavy atom. The van der Waals surface area contributed by atoms with E-state index in [0.29, 0.717) is 36.7 Å². The maximum atomic E-state index is 13.4. The van der Waals surface area contributed by atoms with Gasteiger partial charge in [-0.05, 0) is 43.5 Å². The molecule has 0 spiro atoms. The van der Waals surface area contributed by atoms with E-state index >= 15 is 0 Å². The van der Waals surface area contributed by atoms with Crippen LogP contribution in [0.4, 0.5) is 0 Å². The highest BCUT2D eigenvalue weighted by molar-refractivity contribution is 6.21. The molecule has 0 radical (unpaired) electrons. The van der Waals surface area contributed by atoms with Gasteiger partial charge in [-0.3, -0.25) is 4.79 Å². The molecule has 0 fully saturated rings. The zero-order valence-corrected chi connectivity index (χ0v) is 20.4. The van der Waals surface area contributed by atoms with Crippen LogP contribution in [0.25, 0.3) is 5.57 Å². The number of amides is 1. The minimum Gasteiger partial charge on any atom is -0.496 e. The molecule has 3 rings (SSSR count). The molecule has 2 heterocycles. The Bertz CT molecular complexity index is 1010. The molecule has 2 aliphatic rings. The van der Waals surface area contributed by atoms with Crippen molar-refractivity contribution < 1.29 is 19.0 Å². The molecule has 5 nitrogen and oxygen atoms in total. The number of allylic oxidation sites excluding steroid dienone is 1. The number of hydrogen-bond donors (Lipinski definition) is 1. The summed E-state index contributed by atoms with van der Waals surface area (Å²) in [5.41, 5.74) is 3.93. The molecular weight excluding hydrogens is 402 g/mol. The third kappa shape index (κ3) is 5.02. The third-order valence-corrected chi connectivity index (χ3v) is 5.68. The van der Waals surface area contributed by atoms with Gasteiger partial charge < -0.3 is 19.5 Å². The number of rotatable bonds is 5. The topological polar surface area (TPSA) is 56.8 Å². The molecular formula is C27H35NO4. The molecule has 1 amide bonds. The van der Waals surface area contributed by atoms with Crippen molar-refractivity contribution in [2.75, 3.05) is 20.3 Å². The minimum atomic E-state index is -0.201. The highest BCUT2D eigenvalue weighted by Gasteiger charge is 2.36. The van der Waals surface area contributed by atoms with Crippen LogP contribution < -0.4 is 10.1 Å². The predicted octanol–water partition coefficient (Wildman–Crippen LogP) is 5.12. The fourth-order valence-electron chi connectivity index (χ4n) is 4.38. The second-order valence-electron chi connectivity index (χ2n) is 9.41. The van der Waals surface area contributed by atoms with Crippen LogP contribution in [0.2, 0.25) is 0 Å². The largest absolute Gasteiger partial charge is 0.496 e. The quantitative estimate of drug-likeness (QED) is 0.650. The lowest BCUT2D eigenvalue weighted by molar-refractivity contribution is -0.115. The van der Waals surface area contributed by atoms with Crippen LogP contribution in [0.5, 0.6) is 5.75 Å². The number of hydrogen-bond acceptors (Lipinski definition) is 4. The number of ether oxygens (including phenoxy) is 3. The van der Waals surface area contributed by atoms with Gasteiger partial charge in [0, 0.05) is 42.5 Å². The number of carbonyl (C=O) groups is 1. The van der Waals surface area contributed by atoms with Crippen molar-refractivity contribution in [3.05, 3.63) is 45.9 Å². The summed E-state index contributed by atoms with van der Waals surface area (Å²) in [6.45, 7) is 13.4. The lowest BCUT2D eigenvalue weighted by atomic mass is 9.89.